The minimum absolute atomic E-state index is 0.119. The maximum Gasteiger partial charge on any atom is 0.309 e. The highest BCUT2D eigenvalue weighted by Crippen LogP contribution is 2.17. The smallest absolute Gasteiger partial charge is 0.309 e. The van der Waals surface area contributed by atoms with Crippen LogP contribution >= 0.6 is 11.3 Å². The Morgan fingerprint density at radius 1 is 1.25 bits per heavy atom. The Kier molecular flexibility index (Phi) is 10.6. The Labute approximate surface area is 195 Å². The number of amides is 1. The molecule has 0 saturated heterocycles. The first-order valence-electron chi connectivity index (χ1n) is 11.1. The highest BCUT2D eigenvalue weighted by molar-refractivity contribution is 7.09. The van der Waals surface area contributed by atoms with Crippen LogP contribution in [0.15, 0.2) is 48.4 Å². The van der Waals surface area contributed by atoms with E-state index >= 15 is 0 Å². The van der Waals surface area contributed by atoms with Crippen molar-refractivity contribution >= 4 is 23.2 Å². The van der Waals surface area contributed by atoms with Crippen molar-refractivity contribution in [2.24, 2.45) is 17.6 Å². The van der Waals surface area contributed by atoms with E-state index in [1.807, 2.05) is 37.3 Å². The highest BCUT2D eigenvalue weighted by Gasteiger charge is 2.23. The third-order valence-electron chi connectivity index (χ3n) is 5.38. The van der Waals surface area contributed by atoms with Gasteiger partial charge in [-0.3, -0.25) is 9.59 Å². The molecule has 6 nitrogen and oxygen atoms in total. The minimum atomic E-state index is -0.354. The number of carbonyl (C=O) groups excluding carboxylic acids is 2. The average Bonchev–Trinajstić information content (AvgIpc) is 3.25. The molecule has 0 saturated carbocycles. The number of thiazole rings is 1. The van der Waals surface area contributed by atoms with Gasteiger partial charge in [0.2, 0.25) is 0 Å². The first-order chi connectivity index (χ1) is 15.3. The predicted octanol–water partition coefficient (Wildman–Crippen LogP) is 4.16. The van der Waals surface area contributed by atoms with Crippen LogP contribution in [-0.2, 0) is 22.4 Å². The Morgan fingerprint density at radius 3 is 2.62 bits per heavy atom. The van der Waals surface area contributed by atoms with E-state index in [4.69, 9.17) is 10.5 Å². The monoisotopic (exact) mass is 457 g/mol. The van der Waals surface area contributed by atoms with Gasteiger partial charge in [0.15, 0.2) is 0 Å². The molecule has 0 aliphatic rings. The van der Waals surface area contributed by atoms with Crippen LogP contribution in [0.3, 0.4) is 0 Å². The zero-order chi connectivity index (χ0) is 23.5. The summed E-state index contributed by atoms with van der Waals surface area (Å²) in [7, 11) is 0. The van der Waals surface area contributed by atoms with E-state index < -0.39 is 0 Å². The van der Waals surface area contributed by atoms with Crippen molar-refractivity contribution in [1.82, 2.24) is 10.3 Å². The van der Waals surface area contributed by atoms with E-state index in [1.165, 1.54) is 11.3 Å². The zero-order valence-electron chi connectivity index (χ0n) is 19.3. The van der Waals surface area contributed by atoms with Crippen molar-refractivity contribution in [2.45, 2.75) is 58.5 Å². The second-order valence-corrected chi connectivity index (χ2v) is 9.43. The fourth-order valence-electron chi connectivity index (χ4n) is 3.31. The number of carbonyl (C=O) groups is 2. The zero-order valence-corrected chi connectivity index (χ0v) is 20.1. The van der Waals surface area contributed by atoms with Gasteiger partial charge in [-0.25, -0.2) is 4.98 Å². The van der Waals surface area contributed by atoms with E-state index in [0.717, 1.165) is 23.4 Å². The van der Waals surface area contributed by atoms with Crippen molar-refractivity contribution in [1.29, 1.82) is 0 Å². The standard InChI is InChI=1S/C25H35N3O3S/c1-5-13-31-25(30)18(4)14-20(15-19-9-7-6-8-10-19)27-24(29)22-16-32-23(28-22)12-11-21(26)17(2)3/h5-10,16-18,20-21H,1,11-15,26H2,2-4H3,(H,27,29)/t18-,20+,21+/m0/s1. The lowest BCUT2D eigenvalue weighted by molar-refractivity contribution is -0.147. The number of nitrogens with one attached hydrogen (secondary N) is 1. The quantitative estimate of drug-likeness (QED) is 0.348. The van der Waals surface area contributed by atoms with Gasteiger partial charge < -0.3 is 15.8 Å². The molecule has 0 aliphatic carbocycles. The Hall–Kier alpha value is -2.51. The number of aromatic nitrogens is 1. The number of benzene rings is 1. The fraction of sp³-hybridized carbons (Fsp3) is 0.480. The maximum absolute atomic E-state index is 12.9. The lowest BCUT2D eigenvalue weighted by Crippen LogP contribution is -2.39. The van der Waals surface area contributed by atoms with Crippen LogP contribution in [0, 0.1) is 11.8 Å². The Bertz CT molecular complexity index is 866. The lowest BCUT2D eigenvalue weighted by Gasteiger charge is -2.21. The number of hydrogen-bond donors (Lipinski definition) is 2. The molecule has 0 radical (unpaired) electrons. The van der Waals surface area contributed by atoms with Gasteiger partial charge in [-0.1, -0.05) is 63.8 Å². The van der Waals surface area contributed by atoms with Crippen LogP contribution in [0.2, 0.25) is 0 Å². The van der Waals surface area contributed by atoms with E-state index in [2.05, 4.69) is 30.7 Å². The van der Waals surface area contributed by atoms with Crippen LogP contribution < -0.4 is 11.1 Å². The van der Waals surface area contributed by atoms with Gasteiger partial charge >= 0.3 is 5.97 Å². The number of nitrogens with zero attached hydrogens (tertiary/aromatic N) is 1. The second kappa shape index (κ2) is 13.1. The Balaban J connectivity index is 2.03. The third-order valence-corrected chi connectivity index (χ3v) is 6.28. The molecular weight excluding hydrogens is 422 g/mol. The minimum Gasteiger partial charge on any atom is -0.461 e. The summed E-state index contributed by atoms with van der Waals surface area (Å²) in [6.45, 7) is 9.77. The van der Waals surface area contributed by atoms with Gasteiger partial charge in [0.25, 0.3) is 5.91 Å². The van der Waals surface area contributed by atoms with Crippen molar-refractivity contribution in [3.8, 4) is 0 Å². The molecule has 1 aromatic heterocycles. The predicted molar refractivity (Wildman–Crippen MR) is 130 cm³/mol. The topological polar surface area (TPSA) is 94.3 Å². The first kappa shape index (κ1) is 25.7. The lowest BCUT2D eigenvalue weighted by atomic mass is 9.96. The summed E-state index contributed by atoms with van der Waals surface area (Å²) in [5.74, 6) is -0.466. The van der Waals surface area contributed by atoms with E-state index in [9.17, 15) is 9.59 Å². The van der Waals surface area contributed by atoms with E-state index in [1.54, 1.807) is 11.5 Å². The van der Waals surface area contributed by atoms with E-state index in [-0.39, 0.29) is 36.5 Å². The summed E-state index contributed by atoms with van der Waals surface area (Å²) in [5.41, 5.74) is 7.62. The van der Waals surface area contributed by atoms with Crippen molar-refractivity contribution < 1.29 is 14.3 Å². The van der Waals surface area contributed by atoms with Gasteiger partial charge in [-0.05, 0) is 30.7 Å². The summed E-state index contributed by atoms with van der Waals surface area (Å²) in [4.78, 5) is 29.6. The number of ether oxygens (including phenoxy) is 1. The van der Waals surface area contributed by atoms with Crippen molar-refractivity contribution in [3.63, 3.8) is 0 Å². The van der Waals surface area contributed by atoms with Gasteiger partial charge in [0, 0.05) is 23.9 Å². The molecule has 1 heterocycles. The summed E-state index contributed by atoms with van der Waals surface area (Å²) in [6, 6.07) is 9.80. The molecule has 1 aromatic carbocycles. The highest BCUT2D eigenvalue weighted by atomic mass is 32.1. The molecule has 1 amide bonds. The summed E-state index contributed by atoms with van der Waals surface area (Å²) in [6.07, 6.45) is 4.23. The maximum atomic E-state index is 12.9. The van der Waals surface area contributed by atoms with E-state index in [0.29, 0.717) is 24.5 Å². The molecular formula is C25H35N3O3S. The molecule has 3 atom stereocenters. The largest absolute Gasteiger partial charge is 0.461 e. The SMILES string of the molecule is C=CCOC(=O)[C@@H](C)C[C@H](Cc1ccccc1)NC(=O)c1csc(CC[C@@H](N)C(C)C)n1. The number of rotatable bonds is 13. The molecule has 0 unspecified atom stereocenters. The summed E-state index contributed by atoms with van der Waals surface area (Å²) < 4.78 is 5.17. The molecule has 2 rings (SSSR count). The molecule has 0 aliphatic heterocycles. The van der Waals surface area contributed by atoms with Crippen LogP contribution in [0.4, 0.5) is 0 Å². The second-order valence-electron chi connectivity index (χ2n) is 8.49. The van der Waals surface area contributed by atoms with Gasteiger partial charge in [-0.2, -0.15) is 0 Å². The molecule has 0 fully saturated rings. The molecule has 0 bridgehead atoms. The molecule has 3 N–H and O–H groups in total. The molecule has 7 heteroatoms. The number of esters is 1. The molecule has 2 aromatic rings. The Morgan fingerprint density at radius 2 is 1.97 bits per heavy atom. The first-order valence-corrected chi connectivity index (χ1v) is 12.0. The van der Waals surface area contributed by atoms with Gasteiger partial charge in [-0.15, -0.1) is 11.3 Å². The van der Waals surface area contributed by atoms with Gasteiger partial charge in [0.05, 0.1) is 10.9 Å². The number of hydrogen-bond acceptors (Lipinski definition) is 6. The molecule has 32 heavy (non-hydrogen) atoms. The third kappa shape index (κ3) is 8.55. The van der Waals surface area contributed by atoms with Crippen LogP contribution in [0.25, 0.3) is 0 Å². The molecule has 0 spiro atoms. The van der Waals surface area contributed by atoms with Crippen LogP contribution in [0.5, 0.6) is 0 Å². The van der Waals surface area contributed by atoms with Crippen LogP contribution in [0.1, 0.15) is 54.7 Å². The molecule has 174 valence electrons. The van der Waals surface area contributed by atoms with Crippen LogP contribution in [-0.4, -0.2) is 35.6 Å². The summed E-state index contributed by atoms with van der Waals surface area (Å²) >= 11 is 1.48. The number of aryl methyl sites for hydroxylation is 1. The normalized spacial score (nSPS) is 13.9. The summed E-state index contributed by atoms with van der Waals surface area (Å²) in [5, 5.41) is 5.77. The number of nitrogens with two attached hydrogens (primary N) is 1. The van der Waals surface area contributed by atoms with Crippen molar-refractivity contribution in [2.75, 3.05) is 6.61 Å². The van der Waals surface area contributed by atoms with Crippen molar-refractivity contribution in [3.05, 3.63) is 64.6 Å². The van der Waals surface area contributed by atoms with Gasteiger partial charge in [0.1, 0.15) is 12.3 Å². The average molecular weight is 458 g/mol. The fourth-order valence-corrected chi connectivity index (χ4v) is 4.11.